The summed E-state index contributed by atoms with van der Waals surface area (Å²) in [5.41, 5.74) is 1.80. The number of carbonyl (C=O) groups excluding carboxylic acids is 2. The Morgan fingerprint density at radius 2 is 1.41 bits per heavy atom. The van der Waals surface area contributed by atoms with Crippen molar-refractivity contribution in [1.82, 2.24) is 10.2 Å². The molecule has 1 N–H and O–H groups in total. The second kappa shape index (κ2) is 14.6. The maximum atomic E-state index is 14.4. The van der Waals surface area contributed by atoms with Crippen LogP contribution in [0.4, 0.5) is 18.9 Å². The van der Waals surface area contributed by atoms with Crippen LogP contribution in [0.3, 0.4) is 0 Å². The van der Waals surface area contributed by atoms with E-state index in [9.17, 15) is 31.2 Å². The molecule has 7 nitrogen and oxygen atoms in total. The largest absolute Gasteiger partial charge is 0.416 e. The van der Waals surface area contributed by atoms with Gasteiger partial charge >= 0.3 is 6.18 Å². The van der Waals surface area contributed by atoms with Crippen LogP contribution in [0.2, 0.25) is 0 Å². The highest BCUT2D eigenvalue weighted by molar-refractivity contribution is 7.92. The maximum absolute atomic E-state index is 14.4. The van der Waals surface area contributed by atoms with E-state index < -0.39 is 46.2 Å². The van der Waals surface area contributed by atoms with E-state index in [2.05, 4.69) is 5.32 Å². The standard InChI is InChI=1S/C35H36F3N3O4S/c1-4-39-34(43)32(21-27-9-6-5-7-10-27)40(23-28-17-13-25(2)14-18-28)33(42)24-41(30-12-8-11-29(22-30)35(36,37)38)46(44,45)31-19-15-26(3)16-20-31/h5-20,22,32H,4,21,23-24H2,1-3H3,(H,39,43). The number of anilines is 1. The van der Waals surface area contributed by atoms with Gasteiger partial charge in [0.1, 0.15) is 12.6 Å². The second-order valence-corrected chi connectivity index (χ2v) is 12.8. The Morgan fingerprint density at radius 1 is 0.804 bits per heavy atom. The highest BCUT2D eigenvalue weighted by Crippen LogP contribution is 2.33. The summed E-state index contributed by atoms with van der Waals surface area (Å²) in [6, 6.07) is 25.0. The fourth-order valence-corrected chi connectivity index (χ4v) is 6.35. The zero-order valence-electron chi connectivity index (χ0n) is 25.8. The molecule has 4 aromatic carbocycles. The molecular weight excluding hydrogens is 615 g/mol. The van der Waals surface area contributed by atoms with E-state index >= 15 is 0 Å². The molecule has 0 bridgehead atoms. The summed E-state index contributed by atoms with van der Waals surface area (Å²) in [6.07, 6.45) is -4.63. The fraction of sp³-hybridized carbons (Fsp3) is 0.257. The Kier molecular flexibility index (Phi) is 10.9. The molecule has 0 saturated carbocycles. The Balaban J connectivity index is 1.83. The van der Waals surface area contributed by atoms with E-state index in [1.807, 2.05) is 37.3 Å². The monoisotopic (exact) mass is 651 g/mol. The average Bonchev–Trinajstić information content (AvgIpc) is 3.02. The summed E-state index contributed by atoms with van der Waals surface area (Å²) in [4.78, 5) is 29.0. The molecule has 0 fully saturated rings. The first-order valence-corrected chi connectivity index (χ1v) is 16.2. The summed E-state index contributed by atoms with van der Waals surface area (Å²) in [5, 5.41) is 2.78. The van der Waals surface area contributed by atoms with Gasteiger partial charge in [0.2, 0.25) is 11.8 Å². The Labute approximate surface area is 267 Å². The molecule has 0 aliphatic carbocycles. The van der Waals surface area contributed by atoms with Crippen LogP contribution in [0.1, 0.15) is 34.7 Å². The fourth-order valence-electron chi connectivity index (χ4n) is 4.94. The molecule has 4 rings (SSSR count). The number of carbonyl (C=O) groups is 2. The van der Waals surface area contributed by atoms with Crippen LogP contribution >= 0.6 is 0 Å². The van der Waals surface area contributed by atoms with E-state index in [4.69, 9.17) is 0 Å². The number of amides is 2. The van der Waals surface area contributed by atoms with Crippen molar-refractivity contribution in [3.8, 4) is 0 Å². The van der Waals surface area contributed by atoms with Gasteiger partial charge in [0.15, 0.2) is 0 Å². The highest BCUT2D eigenvalue weighted by Gasteiger charge is 2.36. The van der Waals surface area contributed by atoms with Gasteiger partial charge in [-0.15, -0.1) is 0 Å². The molecule has 242 valence electrons. The molecule has 11 heteroatoms. The smallest absolute Gasteiger partial charge is 0.355 e. The molecule has 2 amide bonds. The first-order chi connectivity index (χ1) is 21.8. The summed E-state index contributed by atoms with van der Waals surface area (Å²) >= 11 is 0. The molecule has 0 saturated heterocycles. The molecule has 0 heterocycles. The number of aryl methyl sites for hydroxylation is 2. The molecule has 4 aromatic rings. The minimum absolute atomic E-state index is 0.0469. The number of halogens is 3. The zero-order valence-corrected chi connectivity index (χ0v) is 26.6. The van der Waals surface area contributed by atoms with Gasteiger partial charge in [-0.1, -0.05) is 83.9 Å². The van der Waals surface area contributed by atoms with Crippen LogP contribution in [0.5, 0.6) is 0 Å². The van der Waals surface area contributed by atoms with Gasteiger partial charge in [-0.2, -0.15) is 13.2 Å². The molecule has 1 unspecified atom stereocenters. The molecule has 0 radical (unpaired) electrons. The van der Waals surface area contributed by atoms with Gasteiger partial charge in [0.05, 0.1) is 16.1 Å². The lowest BCUT2D eigenvalue weighted by atomic mass is 10.0. The number of likely N-dealkylation sites (N-methyl/N-ethyl adjacent to an activating group) is 1. The van der Waals surface area contributed by atoms with Crippen LogP contribution in [0, 0.1) is 13.8 Å². The number of nitrogens with zero attached hydrogens (tertiary/aromatic N) is 2. The number of benzene rings is 4. The molecule has 0 aliphatic rings. The Hall–Kier alpha value is -4.64. The predicted octanol–water partition coefficient (Wildman–Crippen LogP) is 6.29. The van der Waals surface area contributed by atoms with E-state index in [-0.39, 0.29) is 30.1 Å². The number of rotatable bonds is 12. The summed E-state index contributed by atoms with van der Waals surface area (Å²) in [6.45, 7) is 4.80. The van der Waals surface area contributed by atoms with Crippen LogP contribution in [0.25, 0.3) is 0 Å². The van der Waals surface area contributed by atoms with Crippen LogP contribution in [-0.2, 0) is 38.8 Å². The van der Waals surface area contributed by atoms with Gasteiger partial charge in [-0.05, 0) is 62.2 Å². The van der Waals surface area contributed by atoms with Crippen LogP contribution in [0.15, 0.2) is 108 Å². The van der Waals surface area contributed by atoms with E-state index in [1.165, 1.54) is 23.1 Å². The molecule has 0 aromatic heterocycles. The van der Waals surface area contributed by atoms with Gasteiger partial charge in [-0.3, -0.25) is 13.9 Å². The van der Waals surface area contributed by atoms with Gasteiger partial charge in [-0.25, -0.2) is 8.42 Å². The third-order valence-electron chi connectivity index (χ3n) is 7.44. The first-order valence-electron chi connectivity index (χ1n) is 14.7. The van der Waals surface area contributed by atoms with Crippen molar-refractivity contribution >= 4 is 27.5 Å². The van der Waals surface area contributed by atoms with Gasteiger partial charge in [0, 0.05) is 19.5 Å². The van der Waals surface area contributed by atoms with Crippen molar-refractivity contribution in [2.24, 2.45) is 0 Å². The van der Waals surface area contributed by atoms with Crippen molar-refractivity contribution in [1.29, 1.82) is 0 Å². The van der Waals surface area contributed by atoms with Gasteiger partial charge in [0.25, 0.3) is 10.0 Å². The highest BCUT2D eigenvalue weighted by atomic mass is 32.2. The zero-order chi connectivity index (χ0) is 33.5. The second-order valence-electron chi connectivity index (χ2n) is 11.0. The summed E-state index contributed by atoms with van der Waals surface area (Å²) < 4.78 is 70.0. The third-order valence-corrected chi connectivity index (χ3v) is 9.23. The Bertz CT molecular complexity index is 1740. The molecule has 0 aliphatic heterocycles. The van der Waals surface area contributed by atoms with Crippen molar-refractivity contribution < 1.29 is 31.2 Å². The lowest BCUT2D eigenvalue weighted by molar-refractivity contribution is -0.140. The van der Waals surface area contributed by atoms with E-state index in [0.717, 1.165) is 28.8 Å². The molecular formula is C35H36F3N3O4S. The minimum atomic E-state index is -4.75. The van der Waals surface area contributed by atoms with Crippen molar-refractivity contribution in [3.05, 3.63) is 131 Å². The van der Waals surface area contributed by atoms with Crippen molar-refractivity contribution in [3.63, 3.8) is 0 Å². The van der Waals surface area contributed by atoms with E-state index in [1.54, 1.807) is 50.2 Å². The van der Waals surface area contributed by atoms with E-state index in [0.29, 0.717) is 15.9 Å². The van der Waals surface area contributed by atoms with Crippen molar-refractivity contribution in [2.45, 2.75) is 50.9 Å². The summed E-state index contributed by atoms with van der Waals surface area (Å²) in [7, 11) is -4.54. The Morgan fingerprint density at radius 3 is 2.00 bits per heavy atom. The number of nitrogens with one attached hydrogen (secondary N) is 1. The first kappa shape index (κ1) is 34.2. The lowest BCUT2D eigenvalue weighted by Gasteiger charge is -2.34. The number of hydrogen-bond donors (Lipinski definition) is 1. The van der Waals surface area contributed by atoms with Crippen molar-refractivity contribution in [2.75, 3.05) is 17.4 Å². The summed E-state index contributed by atoms with van der Waals surface area (Å²) in [5.74, 6) is -1.21. The van der Waals surface area contributed by atoms with Crippen LogP contribution < -0.4 is 9.62 Å². The molecule has 1 atom stereocenters. The molecule has 0 spiro atoms. The number of sulfonamides is 1. The minimum Gasteiger partial charge on any atom is -0.355 e. The molecule has 46 heavy (non-hydrogen) atoms. The normalized spacial score (nSPS) is 12.3. The topological polar surface area (TPSA) is 86.8 Å². The lowest BCUT2D eigenvalue weighted by Crippen LogP contribution is -2.53. The predicted molar refractivity (Wildman–Crippen MR) is 172 cm³/mol. The number of hydrogen-bond acceptors (Lipinski definition) is 4. The average molecular weight is 652 g/mol. The SMILES string of the molecule is CCNC(=O)C(Cc1ccccc1)N(Cc1ccc(C)cc1)C(=O)CN(c1cccc(C(F)(F)F)c1)S(=O)(=O)c1ccc(C)cc1. The van der Waals surface area contributed by atoms with Gasteiger partial charge < -0.3 is 10.2 Å². The third kappa shape index (κ3) is 8.54. The quantitative estimate of drug-likeness (QED) is 0.195. The number of alkyl halides is 3. The maximum Gasteiger partial charge on any atom is 0.416 e. The van der Waals surface area contributed by atoms with Crippen LogP contribution in [-0.4, -0.2) is 44.3 Å².